The van der Waals surface area contributed by atoms with Crippen molar-refractivity contribution in [2.75, 3.05) is 37.6 Å². The van der Waals surface area contributed by atoms with Gasteiger partial charge in [-0.1, -0.05) is 6.07 Å². The number of nitrogens with zero attached hydrogens (tertiary/aromatic N) is 3. The van der Waals surface area contributed by atoms with Crippen LogP contribution in [0.5, 0.6) is 0 Å². The third-order valence-electron chi connectivity index (χ3n) is 6.61. The van der Waals surface area contributed by atoms with Crippen molar-refractivity contribution in [3.05, 3.63) is 23.8 Å². The Labute approximate surface area is 187 Å². The molecule has 3 heterocycles. The maximum Gasteiger partial charge on any atom is 0.250 e. The van der Waals surface area contributed by atoms with Gasteiger partial charge in [0.2, 0.25) is 21.8 Å². The summed E-state index contributed by atoms with van der Waals surface area (Å²) in [5, 5.41) is 0. The molecule has 1 aromatic rings. The van der Waals surface area contributed by atoms with Crippen LogP contribution in [0, 0.1) is 6.92 Å². The summed E-state index contributed by atoms with van der Waals surface area (Å²) in [7, 11) is -4.25. The van der Waals surface area contributed by atoms with Crippen LogP contribution < -0.4 is 15.4 Å². The second-order valence-electron chi connectivity index (χ2n) is 8.62. The van der Waals surface area contributed by atoms with Gasteiger partial charge < -0.3 is 15.5 Å². The van der Waals surface area contributed by atoms with Crippen LogP contribution in [0.2, 0.25) is 0 Å². The predicted octanol–water partition coefficient (Wildman–Crippen LogP) is -0.439. The van der Waals surface area contributed by atoms with E-state index in [0.29, 0.717) is 50.3 Å². The molecule has 32 heavy (non-hydrogen) atoms. The van der Waals surface area contributed by atoms with Crippen LogP contribution in [-0.2, 0) is 24.4 Å². The van der Waals surface area contributed by atoms with Crippen LogP contribution in [0.1, 0.15) is 31.2 Å². The molecule has 0 radical (unpaired) electrons. The number of carbonyl (C=O) groups excluding carboxylic acids is 3. The van der Waals surface area contributed by atoms with E-state index in [1.807, 2.05) is 0 Å². The summed E-state index contributed by atoms with van der Waals surface area (Å²) in [6.07, 6.45) is 3.16. The summed E-state index contributed by atoms with van der Waals surface area (Å²) in [6.45, 7) is 4.69. The Morgan fingerprint density at radius 1 is 1.16 bits per heavy atom. The second kappa shape index (κ2) is 8.80. The zero-order valence-electron chi connectivity index (χ0n) is 18.1. The van der Waals surface area contributed by atoms with Crippen LogP contribution in [-0.4, -0.2) is 80.7 Å². The number of benzene rings is 1. The number of sulfonamides is 1. The molecule has 0 aromatic heterocycles. The molecule has 11 heteroatoms. The fraction of sp³-hybridized carbons (Fsp3) is 0.571. The van der Waals surface area contributed by atoms with E-state index in [1.165, 1.54) is 11.0 Å². The highest BCUT2D eigenvalue weighted by Gasteiger charge is 2.39. The second-order valence-corrected chi connectivity index (χ2v) is 10.3. The SMILES string of the molecule is Cc1c(N2CCCC2=O)cccc1S(=O)(=O)N[C@@H](C(N)=O)C(=O)N1CCN2CCCC2C1. The summed E-state index contributed by atoms with van der Waals surface area (Å²) in [5.74, 6) is -1.74. The molecule has 10 nitrogen and oxygen atoms in total. The number of fused-ring (bicyclic) bond motifs is 1. The Hall–Kier alpha value is -2.50. The van der Waals surface area contributed by atoms with Gasteiger partial charge in [-0.2, -0.15) is 4.72 Å². The third kappa shape index (κ3) is 4.24. The Kier molecular flexibility index (Phi) is 6.24. The molecule has 3 N–H and O–H groups in total. The lowest BCUT2D eigenvalue weighted by atomic mass is 10.1. The van der Waals surface area contributed by atoms with Crippen molar-refractivity contribution in [3.63, 3.8) is 0 Å². The number of amides is 3. The Bertz CT molecular complexity index is 1040. The Morgan fingerprint density at radius 2 is 1.94 bits per heavy atom. The minimum Gasteiger partial charge on any atom is -0.368 e. The van der Waals surface area contributed by atoms with Gasteiger partial charge in [0.1, 0.15) is 0 Å². The predicted molar refractivity (Wildman–Crippen MR) is 117 cm³/mol. The number of nitrogens with one attached hydrogen (secondary N) is 1. The standard InChI is InChI=1S/C21H29N5O5S/c1-14-16(26-10-4-8-18(26)27)6-2-7-17(14)32(30,31)23-19(20(22)28)21(29)25-12-11-24-9-3-5-15(24)13-25/h2,6-7,15,19,23H,3-5,8-13H2,1H3,(H2,22,28)/t15?,19-/m0/s1. The fourth-order valence-electron chi connectivity index (χ4n) is 4.91. The van der Waals surface area contributed by atoms with Crippen molar-refractivity contribution in [2.45, 2.75) is 49.6 Å². The van der Waals surface area contributed by atoms with Crippen molar-refractivity contribution in [2.24, 2.45) is 5.73 Å². The molecule has 3 aliphatic rings. The molecular weight excluding hydrogens is 434 g/mol. The molecule has 0 aliphatic carbocycles. The summed E-state index contributed by atoms with van der Waals surface area (Å²) in [4.78, 5) is 42.6. The minimum absolute atomic E-state index is 0.0631. The molecule has 2 atom stereocenters. The molecule has 1 aromatic carbocycles. The van der Waals surface area contributed by atoms with Crippen LogP contribution in [0.3, 0.4) is 0 Å². The summed E-state index contributed by atoms with van der Waals surface area (Å²) in [6, 6.07) is 3.17. The van der Waals surface area contributed by atoms with Gasteiger partial charge in [-0.3, -0.25) is 19.3 Å². The van der Waals surface area contributed by atoms with Crippen LogP contribution in [0.4, 0.5) is 5.69 Å². The molecule has 1 unspecified atom stereocenters. The largest absolute Gasteiger partial charge is 0.368 e. The fourth-order valence-corrected chi connectivity index (χ4v) is 6.33. The van der Waals surface area contributed by atoms with Crippen LogP contribution in [0.25, 0.3) is 0 Å². The number of carbonyl (C=O) groups is 3. The molecule has 3 saturated heterocycles. The normalized spacial score (nSPS) is 22.8. The molecule has 0 saturated carbocycles. The molecule has 4 rings (SSSR count). The lowest BCUT2D eigenvalue weighted by Crippen LogP contribution is -2.60. The van der Waals surface area contributed by atoms with Gasteiger partial charge >= 0.3 is 0 Å². The Morgan fingerprint density at radius 3 is 2.62 bits per heavy atom. The lowest BCUT2D eigenvalue weighted by molar-refractivity contribution is -0.139. The molecule has 174 valence electrons. The van der Waals surface area contributed by atoms with Crippen molar-refractivity contribution >= 4 is 33.4 Å². The van der Waals surface area contributed by atoms with E-state index in [9.17, 15) is 22.8 Å². The molecular formula is C21H29N5O5S. The third-order valence-corrected chi connectivity index (χ3v) is 8.18. The quantitative estimate of drug-likeness (QED) is 0.550. The summed E-state index contributed by atoms with van der Waals surface area (Å²) >= 11 is 0. The first-order chi connectivity index (χ1) is 15.2. The highest BCUT2D eigenvalue weighted by atomic mass is 32.2. The van der Waals surface area contributed by atoms with Crippen molar-refractivity contribution in [1.29, 1.82) is 0 Å². The van der Waals surface area contributed by atoms with Gasteiger partial charge in [0.05, 0.1) is 4.90 Å². The van der Waals surface area contributed by atoms with Crippen LogP contribution in [0.15, 0.2) is 23.1 Å². The minimum atomic E-state index is -4.25. The number of nitrogens with two attached hydrogens (primary N) is 1. The van der Waals surface area contributed by atoms with Crippen molar-refractivity contribution < 1.29 is 22.8 Å². The van der Waals surface area contributed by atoms with Gasteiger partial charge in [-0.05, 0) is 50.4 Å². The van der Waals surface area contributed by atoms with E-state index in [2.05, 4.69) is 9.62 Å². The summed E-state index contributed by atoms with van der Waals surface area (Å²) in [5.41, 5.74) is 6.33. The van der Waals surface area contributed by atoms with Crippen LogP contribution >= 0.6 is 0 Å². The lowest BCUT2D eigenvalue weighted by Gasteiger charge is -2.38. The highest BCUT2D eigenvalue weighted by Crippen LogP contribution is 2.29. The van der Waals surface area contributed by atoms with Gasteiger partial charge in [-0.15, -0.1) is 0 Å². The number of hydrogen-bond acceptors (Lipinski definition) is 6. The van der Waals surface area contributed by atoms with E-state index in [1.54, 1.807) is 24.0 Å². The monoisotopic (exact) mass is 463 g/mol. The number of rotatable bonds is 6. The number of anilines is 1. The van der Waals surface area contributed by atoms with Gasteiger partial charge in [-0.25, -0.2) is 8.42 Å². The highest BCUT2D eigenvalue weighted by molar-refractivity contribution is 7.89. The Balaban J connectivity index is 1.56. The first-order valence-electron chi connectivity index (χ1n) is 10.9. The van der Waals surface area contributed by atoms with E-state index in [4.69, 9.17) is 5.73 Å². The van der Waals surface area contributed by atoms with E-state index < -0.39 is 27.9 Å². The topological polar surface area (TPSA) is 133 Å². The first kappa shape index (κ1) is 22.7. The van der Waals surface area contributed by atoms with Crippen molar-refractivity contribution in [3.8, 4) is 0 Å². The average Bonchev–Trinajstić information content (AvgIpc) is 3.39. The number of piperazine rings is 1. The smallest absolute Gasteiger partial charge is 0.250 e. The molecule has 3 amide bonds. The van der Waals surface area contributed by atoms with E-state index in [-0.39, 0.29) is 16.8 Å². The van der Waals surface area contributed by atoms with Gasteiger partial charge in [0.25, 0.3) is 5.91 Å². The number of primary amides is 1. The molecule has 3 aliphatic heterocycles. The maximum absolute atomic E-state index is 13.2. The molecule has 0 bridgehead atoms. The van der Waals surface area contributed by atoms with Gasteiger partial charge in [0.15, 0.2) is 6.04 Å². The van der Waals surface area contributed by atoms with E-state index >= 15 is 0 Å². The zero-order chi connectivity index (χ0) is 23.0. The molecule has 0 spiro atoms. The summed E-state index contributed by atoms with van der Waals surface area (Å²) < 4.78 is 28.6. The molecule has 3 fully saturated rings. The first-order valence-corrected chi connectivity index (χ1v) is 12.4. The maximum atomic E-state index is 13.2. The average molecular weight is 464 g/mol. The van der Waals surface area contributed by atoms with E-state index in [0.717, 1.165) is 19.4 Å². The number of hydrogen-bond donors (Lipinski definition) is 2. The van der Waals surface area contributed by atoms with Gasteiger partial charge in [0, 0.05) is 44.3 Å². The van der Waals surface area contributed by atoms with Crippen molar-refractivity contribution in [1.82, 2.24) is 14.5 Å². The zero-order valence-corrected chi connectivity index (χ0v) is 18.9.